The largest absolute Gasteiger partial charge is 0.311 e. The molecular weight excluding hydrogens is 158 g/mol. The lowest BCUT2D eigenvalue weighted by Crippen LogP contribution is -2.58. The molecule has 0 aromatic heterocycles. The van der Waals surface area contributed by atoms with Crippen molar-refractivity contribution in [2.24, 2.45) is 17.8 Å². The lowest BCUT2D eigenvalue weighted by atomic mass is 9.53. The van der Waals surface area contributed by atoms with Crippen LogP contribution in [0.5, 0.6) is 0 Å². The van der Waals surface area contributed by atoms with Crippen molar-refractivity contribution in [3.63, 3.8) is 0 Å². The van der Waals surface area contributed by atoms with Crippen LogP contribution in [0.4, 0.5) is 0 Å². The first-order chi connectivity index (χ1) is 6.30. The summed E-state index contributed by atoms with van der Waals surface area (Å²) >= 11 is 0. The molecule has 13 heavy (non-hydrogen) atoms. The highest BCUT2D eigenvalue weighted by atomic mass is 15.0. The molecule has 4 aliphatic rings. The van der Waals surface area contributed by atoms with Crippen molar-refractivity contribution in [3.05, 3.63) is 6.92 Å². The molecule has 4 rings (SSSR count). The number of hydrogen-bond donors (Lipinski definition) is 1. The van der Waals surface area contributed by atoms with Crippen LogP contribution in [0.15, 0.2) is 0 Å². The summed E-state index contributed by atoms with van der Waals surface area (Å²) in [6.07, 6.45) is 8.98. The zero-order valence-corrected chi connectivity index (χ0v) is 8.39. The molecule has 0 saturated heterocycles. The third kappa shape index (κ3) is 1.24. The average Bonchev–Trinajstić information content (AvgIpc) is 2.00. The van der Waals surface area contributed by atoms with Crippen molar-refractivity contribution in [1.82, 2.24) is 5.32 Å². The van der Waals surface area contributed by atoms with Gasteiger partial charge >= 0.3 is 0 Å². The van der Waals surface area contributed by atoms with E-state index in [0.29, 0.717) is 5.54 Å². The maximum Gasteiger partial charge on any atom is 0.0189 e. The Kier molecular flexibility index (Phi) is 1.74. The molecule has 0 unspecified atom stereocenters. The van der Waals surface area contributed by atoms with E-state index in [0.717, 1.165) is 24.3 Å². The van der Waals surface area contributed by atoms with E-state index in [9.17, 15) is 0 Å². The van der Waals surface area contributed by atoms with E-state index in [2.05, 4.69) is 12.2 Å². The fraction of sp³-hybridized carbons (Fsp3) is 0.917. The van der Waals surface area contributed by atoms with Crippen LogP contribution < -0.4 is 5.32 Å². The van der Waals surface area contributed by atoms with Crippen LogP contribution in [0.3, 0.4) is 0 Å². The van der Waals surface area contributed by atoms with Gasteiger partial charge in [-0.1, -0.05) is 0 Å². The minimum absolute atomic E-state index is 0.538. The van der Waals surface area contributed by atoms with Gasteiger partial charge in [0, 0.05) is 5.54 Å². The van der Waals surface area contributed by atoms with Crippen molar-refractivity contribution in [3.8, 4) is 0 Å². The lowest BCUT2D eigenvalue weighted by Gasteiger charge is -2.57. The van der Waals surface area contributed by atoms with Gasteiger partial charge in [0.2, 0.25) is 0 Å². The maximum atomic E-state index is 3.95. The Morgan fingerprint density at radius 2 is 1.46 bits per heavy atom. The fourth-order valence-corrected chi connectivity index (χ4v) is 4.59. The highest BCUT2D eigenvalue weighted by molar-refractivity contribution is 5.06. The van der Waals surface area contributed by atoms with E-state index in [1.165, 1.54) is 38.5 Å². The molecule has 1 nitrogen and oxygen atoms in total. The molecule has 0 aliphatic heterocycles. The zero-order valence-electron chi connectivity index (χ0n) is 8.39. The van der Waals surface area contributed by atoms with Gasteiger partial charge in [-0.25, -0.2) is 0 Å². The molecule has 1 radical (unpaired) electrons. The van der Waals surface area contributed by atoms with Crippen LogP contribution in [0.1, 0.15) is 38.5 Å². The molecule has 0 amide bonds. The van der Waals surface area contributed by atoms with E-state index in [4.69, 9.17) is 0 Å². The summed E-state index contributed by atoms with van der Waals surface area (Å²) < 4.78 is 0. The Hall–Kier alpha value is -0.0400. The molecule has 73 valence electrons. The summed E-state index contributed by atoms with van der Waals surface area (Å²) in [6.45, 7) is 4.87. The number of hydrogen-bond acceptors (Lipinski definition) is 1. The molecule has 4 aliphatic carbocycles. The summed E-state index contributed by atoms with van der Waals surface area (Å²) in [5, 5.41) is 3.68. The highest BCUT2D eigenvalue weighted by Gasteiger charge is 2.50. The van der Waals surface area contributed by atoms with Crippen molar-refractivity contribution >= 4 is 0 Å². The van der Waals surface area contributed by atoms with Crippen molar-refractivity contribution in [2.75, 3.05) is 6.54 Å². The van der Waals surface area contributed by atoms with Crippen molar-refractivity contribution < 1.29 is 0 Å². The smallest absolute Gasteiger partial charge is 0.0189 e. The maximum absolute atomic E-state index is 3.95. The summed E-state index contributed by atoms with van der Waals surface area (Å²) in [5.41, 5.74) is 0.538. The summed E-state index contributed by atoms with van der Waals surface area (Å²) in [6, 6.07) is 0. The van der Waals surface area contributed by atoms with Crippen LogP contribution in [0.2, 0.25) is 0 Å². The molecule has 0 atom stereocenters. The van der Waals surface area contributed by atoms with Crippen molar-refractivity contribution in [1.29, 1.82) is 0 Å². The normalized spacial score (nSPS) is 52.8. The molecule has 1 N–H and O–H groups in total. The monoisotopic (exact) mass is 178 g/mol. The summed E-state index contributed by atoms with van der Waals surface area (Å²) in [7, 11) is 0. The van der Waals surface area contributed by atoms with Crippen LogP contribution in [-0.4, -0.2) is 12.1 Å². The molecule has 4 saturated carbocycles. The van der Waals surface area contributed by atoms with E-state index in [1.807, 2.05) is 0 Å². The highest BCUT2D eigenvalue weighted by Crippen LogP contribution is 2.55. The predicted octanol–water partition coefficient (Wildman–Crippen LogP) is 2.38. The van der Waals surface area contributed by atoms with Crippen LogP contribution in [-0.2, 0) is 0 Å². The Morgan fingerprint density at radius 1 is 1.00 bits per heavy atom. The number of nitrogens with one attached hydrogen (secondary N) is 1. The molecule has 4 bridgehead atoms. The quantitative estimate of drug-likeness (QED) is 0.684. The molecule has 0 spiro atoms. The minimum atomic E-state index is 0.538. The van der Waals surface area contributed by atoms with Crippen LogP contribution in [0.25, 0.3) is 0 Å². The van der Waals surface area contributed by atoms with Gasteiger partial charge in [-0.15, -0.1) is 0 Å². The first-order valence-corrected chi connectivity index (χ1v) is 5.84. The Morgan fingerprint density at radius 3 is 1.85 bits per heavy atom. The second kappa shape index (κ2) is 2.73. The SMILES string of the molecule is [CH2]CNC12CC3CC(CC(C3)C1)C2. The summed E-state index contributed by atoms with van der Waals surface area (Å²) in [5.74, 6) is 3.18. The van der Waals surface area contributed by atoms with Gasteiger partial charge in [0.15, 0.2) is 0 Å². The van der Waals surface area contributed by atoms with Gasteiger partial charge in [0.05, 0.1) is 0 Å². The zero-order chi connectivity index (χ0) is 8.89. The molecule has 0 heterocycles. The number of rotatable bonds is 2. The first-order valence-electron chi connectivity index (χ1n) is 5.84. The van der Waals surface area contributed by atoms with Gasteiger partial charge < -0.3 is 5.32 Å². The fourth-order valence-electron chi connectivity index (χ4n) is 4.59. The van der Waals surface area contributed by atoms with Crippen LogP contribution in [0, 0.1) is 24.7 Å². The van der Waals surface area contributed by atoms with Gasteiger partial charge in [-0.05, 0) is 69.7 Å². The van der Waals surface area contributed by atoms with E-state index in [-0.39, 0.29) is 0 Å². The van der Waals surface area contributed by atoms with Gasteiger partial charge in [-0.2, -0.15) is 0 Å². The Labute approximate surface area is 81.3 Å². The average molecular weight is 178 g/mol. The molecule has 1 heteroatoms. The second-order valence-corrected chi connectivity index (χ2v) is 5.62. The molecule has 0 aromatic carbocycles. The first kappa shape index (κ1) is 8.28. The van der Waals surface area contributed by atoms with Gasteiger partial charge in [0.25, 0.3) is 0 Å². The van der Waals surface area contributed by atoms with Gasteiger partial charge in [-0.3, -0.25) is 0 Å². The second-order valence-electron chi connectivity index (χ2n) is 5.62. The third-order valence-corrected chi connectivity index (χ3v) is 4.54. The molecule has 0 aromatic rings. The predicted molar refractivity (Wildman–Crippen MR) is 54.3 cm³/mol. The van der Waals surface area contributed by atoms with E-state index in [1.54, 1.807) is 0 Å². The summed E-state index contributed by atoms with van der Waals surface area (Å²) in [4.78, 5) is 0. The molecular formula is C12H20N. The van der Waals surface area contributed by atoms with Crippen LogP contribution >= 0.6 is 0 Å². The van der Waals surface area contributed by atoms with Crippen molar-refractivity contribution in [2.45, 2.75) is 44.1 Å². The lowest BCUT2D eigenvalue weighted by molar-refractivity contribution is -0.0179. The van der Waals surface area contributed by atoms with E-state index >= 15 is 0 Å². The minimum Gasteiger partial charge on any atom is -0.311 e. The standard InChI is InChI=1S/C12H20N/c1-2-13-12-6-9-3-10(7-12)5-11(4-9)8-12/h9-11,13H,1-8H2. The van der Waals surface area contributed by atoms with Gasteiger partial charge in [0.1, 0.15) is 0 Å². The Bertz CT molecular complexity index is 174. The molecule has 4 fully saturated rings. The topological polar surface area (TPSA) is 12.0 Å². The van der Waals surface area contributed by atoms with E-state index < -0.39 is 0 Å². The third-order valence-electron chi connectivity index (χ3n) is 4.54. The Balaban J connectivity index is 1.83.